The first-order valence-corrected chi connectivity index (χ1v) is 4.89. The molecule has 78 valence electrons. The van der Waals surface area contributed by atoms with Gasteiger partial charge in [0.05, 0.1) is 0 Å². The fourth-order valence-corrected chi connectivity index (χ4v) is 0.733. The van der Waals surface area contributed by atoms with Crippen LogP contribution in [0, 0.1) is 12.3 Å². The Balaban J connectivity index is 0. The Morgan fingerprint density at radius 3 is 2.29 bits per heavy atom. The molecule has 0 aliphatic rings. The monoisotopic (exact) mass is 194 g/mol. The van der Waals surface area contributed by atoms with Crippen molar-refractivity contribution in [3.8, 4) is 12.3 Å². The second-order valence-corrected chi connectivity index (χ2v) is 2.25. The first-order chi connectivity index (χ1) is 6.74. The van der Waals surface area contributed by atoms with Crippen LogP contribution in [-0.2, 0) is 0 Å². The molecule has 0 N–H and O–H groups in total. The Bertz CT molecular complexity index is 249. The number of halogens is 1. The van der Waals surface area contributed by atoms with Crippen molar-refractivity contribution in [1.82, 2.24) is 0 Å². The highest BCUT2D eigenvalue weighted by Crippen LogP contribution is 2.05. The van der Waals surface area contributed by atoms with Gasteiger partial charge in [-0.2, -0.15) is 0 Å². The molecule has 14 heavy (non-hydrogen) atoms. The zero-order chi connectivity index (χ0) is 11.4. The molecule has 0 bridgehead atoms. The molecule has 0 amide bonds. The van der Waals surface area contributed by atoms with Crippen molar-refractivity contribution >= 4 is 0 Å². The molecule has 0 rings (SSSR count). The van der Waals surface area contributed by atoms with Gasteiger partial charge in [0.2, 0.25) is 0 Å². The van der Waals surface area contributed by atoms with Gasteiger partial charge in [0.1, 0.15) is 5.83 Å². The van der Waals surface area contributed by atoms with Gasteiger partial charge in [-0.15, -0.1) is 6.42 Å². The van der Waals surface area contributed by atoms with E-state index in [1.165, 1.54) is 6.08 Å². The highest BCUT2D eigenvalue weighted by molar-refractivity contribution is 5.27. The number of hydrogen-bond acceptors (Lipinski definition) is 0. The van der Waals surface area contributed by atoms with Crippen molar-refractivity contribution in [1.29, 1.82) is 0 Å². The Hall–Kier alpha value is -1.29. The minimum Gasteiger partial charge on any atom is -0.206 e. The molecular formula is C13H19F. The molecule has 0 aliphatic heterocycles. The Labute approximate surface area is 87.2 Å². The van der Waals surface area contributed by atoms with Crippen LogP contribution in [0.3, 0.4) is 0 Å². The van der Waals surface area contributed by atoms with Crippen molar-refractivity contribution in [3.05, 3.63) is 35.7 Å². The lowest BCUT2D eigenvalue weighted by Crippen LogP contribution is -1.72. The third-order valence-corrected chi connectivity index (χ3v) is 1.46. The summed E-state index contributed by atoms with van der Waals surface area (Å²) in [7, 11) is 0. The standard InChI is InChI=1S/C11H13F.C2H6/c1-4-7-11(12)9-8-10(5-2)6-3;1-2/h1,5,7-9H,6H2,2-3H3;1-2H3/b9-8-,10-5-,11-7-;. The van der Waals surface area contributed by atoms with Gasteiger partial charge in [0, 0.05) is 6.08 Å². The van der Waals surface area contributed by atoms with E-state index in [0.29, 0.717) is 0 Å². The van der Waals surface area contributed by atoms with Gasteiger partial charge in [-0.3, -0.25) is 0 Å². The molecule has 0 unspecified atom stereocenters. The first kappa shape index (κ1) is 15.2. The summed E-state index contributed by atoms with van der Waals surface area (Å²) in [4.78, 5) is 0. The van der Waals surface area contributed by atoms with E-state index in [0.717, 1.165) is 18.1 Å². The molecule has 0 fully saturated rings. The summed E-state index contributed by atoms with van der Waals surface area (Å²) in [6.07, 6.45) is 11.9. The van der Waals surface area contributed by atoms with Gasteiger partial charge >= 0.3 is 0 Å². The summed E-state index contributed by atoms with van der Waals surface area (Å²) >= 11 is 0. The molecule has 0 aromatic rings. The largest absolute Gasteiger partial charge is 0.206 e. The van der Waals surface area contributed by atoms with E-state index in [1.54, 1.807) is 6.08 Å². The zero-order valence-corrected chi connectivity index (χ0v) is 9.47. The Morgan fingerprint density at radius 2 is 1.93 bits per heavy atom. The maximum atomic E-state index is 12.6. The van der Waals surface area contributed by atoms with Gasteiger partial charge in [-0.25, -0.2) is 4.39 Å². The molecule has 0 saturated heterocycles. The summed E-state index contributed by atoms with van der Waals surface area (Å²) in [5.41, 5.74) is 1.09. The molecule has 0 heterocycles. The fraction of sp³-hybridized carbons (Fsp3) is 0.385. The van der Waals surface area contributed by atoms with Crippen molar-refractivity contribution in [3.63, 3.8) is 0 Å². The van der Waals surface area contributed by atoms with Crippen LogP contribution in [0.1, 0.15) is 34.1 Å². The van der Waals surface area contributed by atoms with Gasteiger partial charge in [-0.1, -0.05) is 44.4 Å². The lowest BCUT2D eigenvalue weighted by molar-refractivity contribution is 0.667. The second kappa shape index (κ2) is 11.7. The van der Waals surface area contributed by atoms with Gasteiger partial charge in [0.15, 0.2) is 0 Å². The number of terminal acetylenes is 1. The maximum Gasteiger partial charge on any atom is 0.131 e. The van der Waals surface area contributed by atoms with Crippen LogP contribution in [-0.4, -0.2) is 0 Å². The third kappa shape index (κ3) is 8.80. The van der Waals surface area contributed by atoms with E-state index in [4.69, 9.17) is 6.42 Å². The molecule has 1 heteroatoms. The molecular weight excluding hydrogens is 175 g/mol. The molecule has 0 spiro atoms. The van der Waals surface area contributed by atoms with E-state index < -0.39 is 0 Å². The van der Waals surface area contributed by atoms with Gasteiger partial charge in [-0.05, 0) is 19.4 Å². The van der Waals surface area contributed by atoms with Crippen LogP contribution in [0.15, 0.2) is 35.7 Å². The third-order valence-electron chi connectivity index (χ3n) is 1.46. The van der Waals surface area contributed by atoms with E-state index >= 15 is 0 Å². The number of hydrogen-bond donors (Lipinski definition) is 0. The van der Waals surface area contributed by atoms with Crippen LogP contribution in [0.5, 0.6) is 0 Å². The maximum absolute atomic E-state index is 12.6. The number of rotatable bonds is 3. The summed E-state index contributed by atoms with van der Waals surface area (Å²) in [6.45, 7) is 7.94. The van der Waals surface area contributed by atoms with Crippen molar-refractivity contribution in [2.75, 3.05) is 0 Å². The predicted molar refractivity (Wildman–Crippen MR) is 62.6 cm³/mol. The molecule has 0 radical (unpaired) electrons. The molecule has 0 nitrogen and oxygen atoms in total. The topological polar surface area (TPSA) is 0 Å². The Kier molecular flexibility index (Phi) is 12.7. The van der Waals surface area contributed by atoms with Crippen LogP contribution in [0.2, 0.25) is 0 Å². The van der Waals surface area contributed by atoms with Crippen LogP contribution in [0.25, 0.3) is 0 Å². The summed E-state index contributed by atoms with van der Waals surface area (Å²) in [6, 6.07) is 0. The minimum absolute atomic E-state index is 0.384. The van der Waals surface area contributed by atoms with Crippen molar-refractivity contribution < 1.29 is 4.39 Å². The zero-order valence-electron chi connectivity index (χ0n) is 9.47. The highest BCUT2D eigenvalue weighted by atomic mass is 19.1. The minimum atomic E-state index is -0.384. The lowest BCUT2D eigenvalue weighted by Gasteiger charge is -1.92. The van der Waals surface area contributed by atoms with Crippen molar-refractivity contribution in [2.24, 2.45) is 0 Å². The normalized spacial score (nSPS) is 12.0. The summed E-state index contributed by atoms with van der Waals surface area (Å²) in [5.74, 6) is 1.74. The SMILES string of the molecule is C#C/C=C(F)/C=C\C(=C/C)CC.CC. The fourth-order valence-electron chi connectivity index (χ4n) is 0.733. The summed E-state index contributed by atoms with van der Waals surface area (Å²) in [5, 5.41) is 0. The molecule has 0 aliphatic carbocycles. The average Bonchev–Trinajstić information content (AvgIpc) is 2.23. The van der Waals surface area contributed by atoms with Crippen molar-refractivity contribution in [2.45, 2.75) is 34.1 Å². The van der Waals surface area contributed by atoms with Gasteiger partial charge in [0.25, 0.3) is 0 Å². The predicted octanol–water partition coefficient (Wildman–Crippen LogP) is 4.41. The molecule has 0 saturated carbocycles. The van der Waals surface area contributed by atoms with E-state index in [9.17, 15) is 4.39 Å². The average molecular weight is 194 g/mol. The molecule has 0 aromatic carbocycles. The lowest BCUT2D eigenvalue weighted by atomic mass is 10.2. The first-order valence-electron chi connectivity index (χ1n) is 4.89. The van der Waals surface area contributed by atoms with E-state index in [-0.39, 0.29) is 5.83 Å². The second-order valence-electron chi connectivity index (χ2n) is 2.25. The molecule has 0 aromatic heterocycles. The van der Waals surface area contributed by atoms with Crippen LogP contribution >= 0.6 is 0 Å². The summed E-state index contributed by atoms with van der Waals surface area (Å²) < 4.78 is 12.6. The van der Waals surface area contributed by atoms with E-state index in [2.05, 4.69) is 5.92 Å². The van der Waals surface area contributed by atoms with Crippen LogP contribution in [0.4, 0.5) is 4.39 Å². The Morgan fingerprint density at radius 1 is 1.36 bits per heavy atom. The quantitative estimate of drug-likeness (QED) is 0.461. The number of allylic oxidation sites excluding steroid dienone is 6. The van der Waals surface area contributed by atoms with E-state index in [1.807, 2.05) is 33.8 Å². The smallest absolute Gasteiger partial charge is 0.131 e. The van der Waals surface area contributed by atoms with Crippen LogP contribution < -0.4 is 0 Å². The van der Waals surface area contributed by atoms with Gasteiger partial charge < -0.3 is 0 Å². The molecule has 0 atom stereocenters. The highest BCUT2D eigenvalue weighted by Gasteiger charge is 1.87.